The van der Waals surface area contributed by atoms with Crippen LogP contribution in [0.3, 0.4) is 0 Å². The predicted molar refractivity (Wildman–Crippen MR) is 67.2 cm³/mol. The number of nitrogen functional groups attached to an aromatic ring is 1. The lowest BCUT2D eigenvalue weighted by Crippen LogP contribution is -2.25. The van der Waals surface area contributed by atoms with Gasteiger partial charge in [-0.1, -0.05) is 18.9 Å². The number of hydrogen-bond acceptors (Lipinski definition) is 6. The Labute approximate surface area is 110 Å². The Hall–Kier alpha value is -2.38. The van der Waals surface area contributed by atoms with Crippen LogP contribution in [0.15, 0.2) is 10.5 Å². The first-order valence-corrected chi connectivity index (χ1v) is 5.87. The van der Waals surface area contributed by atoms with E-state index in [0.29, 0.717) is 5.69 Å². The lowest BCUT2D eigenvalue weighted by atomic mass is 10.1. The lowest BCUT2D eigenvalue weighted by Gasteiger charge is -2.01. The molecule has 3 N–H and O–H groups in total. The Balaban J connectivity index is 2.03. The topological polar surface area (TPSA) is 112 Å². The number of nitrogens with zero attached hydrogens (tertiary/aromatic N) is 4. The van der Waals surface area contributed by atoms with E-state index in [0.717, 1.165) is 5.69 Å². The number of anilines is 1. The van der Waals surface area contributed by atoms with Gasteiger partial charge in [-0.15, -0.1) is 5.10 Å². The van der Waals surface area contributed by atoms with Gasteiger partial charge in [0.2, 0.25) is 5.89 Å². The van der Waals surface area contributed by atoms with Crippen molar-refractivity contribution in [2.75, 3.05) is 5.73 Å². The number of carbonyl (C=O) groups is 1. The first-order chi connectivity index (χ1) is 8.97. The molecule has 19 heavy (non-hydrogen) atoms. The van der Waals surface area contributed by atoms with Crippen LogP contribution in [-0.2, 0) is 13.6 Å². The summed E-state index contributed by atoms with van der Waals surface area (Å²) in [5.74, 6) is 0.277. The molecule has 2 rings (SSSR count). The molecule has 0 saturated heterocycles. The predicted octanol–water partition coefficient (Wildman–Crippen LogP) is 0.439. The summed E-state index contributed by atoms with van der Waals surface area (Å²) < 4.78 is 6.51. The molecular weight excluding hydrogens is 248 g/mol. The molecule has 0 aromatic carbocycles. The molecule has 0 radical (unpaired) electrons. The van der Waals surface area contributed by atoms with E-state index in [1.165, 1.54) is 0 Å². The number of rotatable bonds is 4. The molecule has 1 amide bonds. The lowest BCUT2D eigenvalue weighted by molar-refractivity contribution is 0.0938. The molecule has 0 aliphatic rings. The third-order valence-electron chi connectivity index (χ3n) is 2.61. The van der Waals surface area contributed by atoms with Crippen molar-refractivity contribution < 1.29 is 9.21 Å². The fraction of sp³-hybridized carbons (Fsp3) is 0.455. The van der Waals surface area contributed by atoms with E-state index in [2.05, 4.69) is 20.6 Å². The van der Waals surface area contributed by atoms with Crippen molar-refractivity contribution in [1.29, 1.82) is 0 Å². The van der Waals surface area contributed by atoms with Crippen molar-refractivity contribution in [2.24, 2.45) is 7.05 Å². The zero-order valence-electron chi connectivity index (χ0n) is 11.0. The van der Waals surface area contributed by atoms with Crippen LogP contribution in [-0.4, -0.2) is 25.9 Å². The fourth-order valence-corrected chi connectivity index (χ4v) is 1.57. The number of aryl methyl sites for hydroxylation is 1. The van der Waals surface area contributed by atoms with Crippen molar-refractivity contribution in [3.05, 3.63) is 23.3 Å². The van der Waals surface area contributed by atoms with Crippen LogP contribution in [0.1, 0.15) is 41.8 Å². The molecular formula is C11H16N6O2. The van der Waals surface area contributed by atoms with Crippen molar-refractivity contribution in [2.45, 2.75) is 26.3 Å². The van der Waals surface area contributed by atoms with E-state index in [1.54, 1.807) is 17.8 Å². The van der Waals surface area contributed by atoms with Gasteiger partial charge in [-0.2, -0.15) is 5.10 Å². The molecule has 8 heteroatoms. The first-order valence-electron chi connectivity index (χ1n) is 5.87. The monoisotopic (exact) mass is 264 g/mol. The number of nitrogens with one attached hydrogen (secondary N) is 1. The van der Waals surface area contributed by atoms with Crippen molar-refractivity contribution in [1.82, 2.24) is 25.3 Å². The number of hydrogen-bond donors (Lipinski definition) is 2. The minimum Gasteiger partial charge on any atom is -0.406 e. The Morgan fingerprint density at radius 3 is 2.79 bits per heavy atom. The molecule has 0 unspecified atom stereocenters. The minimum atomic E-state index is -0.251. The molecule has 2 aromatic heterocycles. The Morgan fingerprint density at radius 1 is 1.53 bits per heavy atom. The average molecular weight is 264 g/mol. The zero-order valence-corrected chi connectivity index (χ0v) is 11.0. The summed E-state index contributed by atoms with van der Waals surface area (Å²) in [5.41, 5.74) is 6.64. The standard InChI is InChI=1S/C11H16N6O2/c1-6(2)7-4-8(17(3)16-7)10(18)13-5-9-14-15-11(12)19-9/h4,6H,5H2,1-3H3,(H2,12,15)(H,13,18). The largest absolute Gasteiger partial charge is 0.406 e. The Kier molecular flexibility index (Phi) is 3.50. The summed E-state index contributed by atoms with van der Waals surface area (Å²) in [7, 11) is 1.73. The van der Waals surface area contributed by atoms with Gasteiger partial charge in [-0.05, 0) is 12.0 Å². The van der Waals surface area contributed by atoms with Crippen LogP contribution >= 0.6 is 0 Å². The molecule has 0 saturated carbocycles. The van der Waals surface area contributed by atoms with E-state index in [4.69, 9.17) is 10.2 Å². The maximum atomic E-state index is 12.0. The van der Waals surface area contributed by atoms with Crippen molar-refractivity contribution in [3.8, 4) is 0 Å². The molecule has 0 atom stereocenters. The van der Waals surface area contributed by atoms with Gasteiger partial charge in [0.15, 0.2) is 0 Å². The second-order valence-electron chi connectivity index (χ2n) is 4.45. The number of carbonyl (C=O) groups excluding carboxylic acids is 1. The van der Waals surface area contributed by atoms with Crippen LogP contribution in [0.5, 0.6) is 0 Å². The Bertz CT molecular complexity index is 586. The van der Waals surface area contributed by atoms with E-state index in [1.807, 2.05) is 13.8 Å². The van der Waals surface area contributed by atoms with Gasteiger partial charge in [0.05, 0.1) is 12.2 Å². The van der Waals surface area contributed by atoms with Gasteiger partial charge >= 0.3 is 6.01 Å². The van der Waals surface area contributed by atoms with Crippen molar-refractivity contribution >= 4 is 11.9 Å². The van der Waals surface area contributed by atoms with Gasteiger partial charge in [0, 0.05) is 7.05 Å². The van der Waals surface area contributed by atoms with E-state index < -0.39 is 0 Å². The van der Waals surface area contributed by atoms with Gasteiger partial charge in [-0.25, -0.2) is 0 Å². The van der Waals surface area contributed by atoms with Gasteiger partial charge < -0.3 is 15.5 Å². The highest BCUT2D eigenvalue weighted by atomic mass is 16.4. The summed E-state index contributed by atoms with van der Waals surface area (Å²) >= 11 is 0. The van der Waals surface area contributed by atoms with Gasteiger partial charge in [0.25, 0.3) is 5.91 Å². The summed E-state index contributed by atoms with van der Waals surface area (Å²) in [6, 6.07) is 1.74. The maximum Gasteiger partial charge on any atom is 0.312 e. The summed E-state index contributed by atoms with van der Waals surface area (Å²) in [4.78, 5) is 12.0. The molecule has 102 valence electrons. The van der Waals surface area contributed by atoms with Crippen LogP contribution in [0.4, 0.5) is 6.01 Å². The van der Waals surface area contributed by atoms with Crippen LogP contribution < -0.4 is 11.1 Å². The number of amides is 1. The first kappa shape index (κ1) is 13.1. The fourth-order valence-electron chi connectivity index (χ4n) is 1.57. The molecule has 2 aromatic rings. The smallest absolute Gasteiger partial charge is 0.312 e. The van der Waals surface area contributed by atoms with E-state index >= 15 is 0 Å². The summed E-state index contributed by atoms with van der Waals surface area (Å²) in [6.45, 7) is 4.17. The quantitative estimate of drug-likeness (QED) is 0.828. The maximum absolute atomic E-state index is 12.0. The van der Waals surface area contributed by atoms with Gasteiger partial charge in [-0.3, -0.25) is 9.48 Å². The average Bonchev–Trinajstić information content (AvgIpc) is 2.92. The van der Waals surface area contributed by atoms with Crippen molar-refractivity contribution in [3.63, 3.8) is 0 Å². The van der Waals surface area contributed by atoms with E-state index in [9.17, 15) is 4.79 Å². The van der Waals surface area contributed by atoms with Gasteiger partial charge in [0.1, 0.15) is 5.69 Å². The second kappa shape index (κ2) is 5.09. The highest BCUT2D eigenvalue weighted by Crippen LogP contribution is 2.13. The molecule has 0 spiro atoms. The molecule has 0 aliphatic carbocycles. The van der Waals surface area contributed by atoms with Crippen LogP contribution in [0.2, 0.25) is 0 Å². The second-order valence-corrected chi connectivity index (χ2v) is 4.45. The number of nitrogens with two attached hydrogens (primary N) is 1. The normalized spacial score (nSPS) is 10.9. The minimum absolute atomic E-state index is 0.0214. The zero-order chi connectivity index (χ0) is 14.0. The summed E-state index contributed by atoms with van der Waals surface area (Å²) in [6.07, 6.45) is 0. The SMILES string of the molecule is CC(C)c1cc(C(=O)NCc2nnc(N)o2)n(C)n1. The highest BCUT2D eigenvalue weighted by molar-refractivity contribution is 5.92. The van der Waals surface area contributed by atoms with Crippen LogP contribution in [0.25, 0.3) is 0 Å². The molecule has 0 aliphatic heterocycles. The Morgan fingerprint density at radius 2 is 2.26 bits per heavy atom. The molecule has 2 heterocycles. The molecule has 0 fully saturated rings. The molecule has 0 bridgehead atoms. The van der Waals surface area contributed by atoms with Crippen LogP contribution in [0, 0.1) is 0 Å². The third kappa shape index (κ3) is 2.90. The summed E-state index contributed by atoms with van der Waals surface area (Å²) in [5, 5.41) is 14.1. The highest BCUT2D eigenvalue weighted by Gasteiger charge is 2.15. The molecule has 8 nitrogen and oxygen atoms in total. The third-order valence-corrected chi connectivity index (χ3v) is 2.61. The van der Waals surface area contributed by atoms with E-state index in [-0.39, 0.29) is 30.3 Å². The number of aromatic nitrogens is 4.